The van der Waals surface area contributed by atoms with Gasteiger partial charge in [0, 0.05) is 19.5 Å². The molecule has 0 saturated heterocycles. The highest BCUT2D eigenvalue weighted by molar-refractivity contribution is 8.35. The lowest BCUT2D eigenvalue weighted by Gasteiger charge is -2.27. The van der Waals surface area contributed by atoms with Gasteiger partial charge in [-0.05, 0) is 37.5 Å². The van der Waals surface area contributed by atoms with Crippen LogP contribution in [0.3, 0.4) is 0 Å². The molecule has 94 valence electrons. The molecule has 0 unspecified atom stereocenters. The maximum absolute atomic E-state index is 5.66. The van der Waals surface area contributed by atoms with Crippen molar-refractivity contribution < 1.29 is 4.74 Å². The molecular weight excluding hydrogens is 256 g/mol. The van der Waals surface area contributed by atoms with Crippen LogP contribution in [-0.4, -0.2) is 37.5 Å². The van der Waals surface area contributed by atoms with E-state index in [9.17, 15) is 0 Å². The molecule has 0 aromatic carbocycles. The Morgan fingerprint density at radius 1 is 0.812 bits per heavy atom. The lowest BCUT2D eigenvalue weighted by Crippen LogP contribution is -1.93. The van der Waals surface area contributed by atoms with E-state index in [0.717, 1.165) is 13.2 Å². The normalized spacial score (nSPS) is 18.6. The molecule has 0 N–H and O–H groups in total. The topological polar surface area (TPSA) is 9.23 Å². The number of rotatable bonds is 2. The average Bonchev–Trinajstić information content (AvgIpc) is 2.54. The molecule has 1 aliphatic heterocycles. The highest BCUT2D eigenvalue weighted by atomic mass is 32.3. The van der Waals surface area contributed by atoms with Gasteiger partial charge in [0.25, 0.3) is 0 Å². The highest BCUT2D eigenvalue weighted by Crippen LogP contribution is 2.61. The van der Waals surface area contributed by atoms with Gasteiger partial charge < -0.3 is 4.74 Å². The minimum atomic E-state index is -0.616. The van der Waals surface area contributed by atoms with Crippen molar-refractivity contribution in [2.45, 2.75) is 21.6 Å². The van der Waals surface area contributed by atoms with Crippen molar-refractivity contribution in [3.8, 4) is 0 Å². The third-order valence-electron chi connectivity index (χ3n) is 2.65. The molecule has 0 saturated carbocycles. The zero-order valence-electron chi connectivity index (χ0n) is 11.0. The molecule has 1 nitrogen and oxygen atoms in total. The second-order valence-electron chi connectivity index (χ2n) is 5.80. The molecule has 1 aliphatic rings. The molecule has 0 spiro atoms. The Hall–Kier alpha value is 0.360. The Bertz CT molecular complexity index is 371. The second kappa shape index (κ2) is 3.94. The Balaban J connectivity index is 2.59. The summed E-state index contributed by atoms with van der Waals surface area (Å²) in [6, 6.07) is 0. The largest absolute Gasteiger partial charge is 0.372 e. The van der Waals surface area contributed by atoms with E-state index in [0.29, 0.717) is 0 Å². The van der Waals surface area contributed by atoms with Gasteiger partial charge in [-0.15, -0.1) is 11.3 Å². The molecule has 0 atom stereocenters. The monoisotopic (exact) mass is 278 g/mol. The quantitative estimate of drug-likeness (QED) is 0.797. The zero-order chi connectivity index (χ0) is 12.1. The molecule has 1 aromatic heterocycles. The van der Waals surface area contributed by atoms with E-state index in [4.69, 9.17) is 4.74 Å². The predicted molar refractivity (Wildman–Crippen MR) is 80.1 cm³/mol. The summed E-state index contributed by atoms with van der Waals surface area (Å²) in [5.41, 5.74) is 3.06. The molecule has 0 fully saturated rings. The number of ether oxygens (including phenoxy) is 1. The Kier molecular flexibility index (Phi) is 3.15. The predicted octanol–water partition coefficient (Wildman–Crippen LogP) is 3.88. The van der Waals surface area contributed by atoms with Gasteiger partial charge in [-0.25, -0.2) is 20.1 Å². The van der Waals surface area contributed by atoms with Crippen LogP contribution in [0.15, 0.2) is 8.42 Å². The van der Waals surface area contributed by atoms with Crippen molar-refractivity contribution in [2.75, 3.05) is 37.5 Å². The Morgan fingerprint density at radius 3 is 1.50 bits per heavy atom. The average molecular weight is 279 g/mol. The van der Waals surface area contributed by atoms with Crippen LogP contribution in [0.2, 0.25) is 0 Å². The summed E-state index contributed by atoms with van der Waals surface area (Å²) < 4.78 is 8.91. The van der Waals surface area contributed by atoms with Crippen molar-refractivity contribution >= 4 is 31.4 Å². The van der Waals surface area contributed by atoms with Crippen LogP contribution in [-0.2, 0) is 18.0 Å². The van der Waals surface area contributed by atoms with Gasteiger partial charge in [0.2, 0.25) is 0 Å². The molecule has 0 amide bonds. The minimum absolute atomic E-state index is 0.616. The first kappa shape index (κ1) is 12.8. The summed E-state index contributed by atoms with van der Waals surface area (Å²) in [6.07, 6.45) is 14.3. The van der Waals surface area contributed by atoms with E-state index in [-0.39, 0.29) is 0 Å². The molecular formula is C12H22OS3. The van der Waals surface area contributed by atoms with Gasteiger partial charge in [-0.3, -0.25) is 0 Å². The second-order valence-corrected chi connectivity index (χ2v) is 15.5. The zero-order valence-corrected chi connectivity index (χ0v) is 13.5. The fourth-order valence-electron chi connectivity index (χ4n) is 1.99. The van der Waals surface area contributed by atoms with Crippen molar-refractivity contribution in [1.29, 1.82) is 0 Å². The van der Waals surface area contributed by atoms with Crippen molar-refractivity contribution in [1.82, 2.24) is 0 Å². The van der Waals surface area contributed by atoms with Crippen LogP contribution >= 0.6 is 31.4 Å². The molecule has 2 heterocycles. The smallest absolute Gasteiger partial charge is 0.0744 e. The summed E-state index contributed by atoms with van der Waals surface area (Å²) in [7, 11) is -1.23. The lowest BCUT2D eigenvalue weighted by molar-refractivity contribution is 0.133. The summed E-state index contributed by atoms with van der Waals surface area (Å²) >= 11 is 2.07. The molecule has 2 rings (SSSR count). The number of hydrogen-bond acceptors (Lipinski definition) is 2. The fourth-order valence-corrected chi connectivity index (χ4v) is 7.27. The first-order valence-electron chi connectivity index (χ1n) is 5.30. The first-order chi connectivity index (χ1) is 7.21. The molecule has 1 aromatic rings. The highest BCUT2D eigenvalue weighted by Gasteiger charge is 2.30. The van der Waals surface area contributed by atoms with Crippen LogP contribution in [0.25, 0.3) is 0 Å². The standard InChI is InChI=1S/C12H22OS3/c1-15(2,3)11-9-7-13-8-10(9)12(14-11)16(4,5)6/h7-8H2,1-6H3. The van der Waals surface area contributed by atoms with E-state index in [2.05, 4.69) is 48.9 Å². The van der Waals surface area contributed by atoms with Crippen molar-refractivity contribution in [3.63, 3.8) is 0 Å². The van der Waals surface area contributed by atoms with Gasteiger partial charge in [-0.2, -0.15) is 0 Å². The third kappa shape index (κ3) is 2.17. The maximum Gasteiger partial charge on any atom is 0.0744 e. The molecule has 0 aliphatic carbocycles. The summed E-state index contributed by atoms with van der Waals surface area (Å²) in [4.78, 5) is 0. The Morgan fingerprint density at radius 2 is 1.19 bits per heavy atom. The molecule has 0 radical (unpaired) electrons. The van der Waals surface area contributed by atoms with E-state index in [1.54, 1.807) is 8.42 Å². The van der Waals surface area contributed by atoms with Gasteiger partial charge in [0.05, 0.1) is 13.2 Å². The van der Waals surface area contributed by atoms with Crippen LogP contribution in [0.4, 0.5) is 0 Å². The van der Waals surface area contributed by atoms with Gasteiger partial charge in [0.1, 0.15) is 0 Å². The first-order valence-corrected chi connectivity index (χ1v) is 11.8. The maximum atomic E-state index is 5.66. The Labute approximate surface area is 106 Å². The third-order valence-corrected chi connectivity index (χ3v) is 9.73. The van der Waals surface area contributed by atoms with E-state index >= 15 is 0 Å². The lowest BCUT2D eigenvalue weighted by atomic mass is 10.2. The van der Waals surface area contributed by atoms with Gasteiger partial charge in [-0.1, -0.05) is 0 Å². The SMILES string of the molecule is CS(C)(C)c1sc(S(C)(C)C)c2c1COC2. The van der Waals surface area contributed by atoms with Crippen LogP contribution in [0.5, 0.6) is 0 Å². The number of hydrogen-bond donors (Lipinski definition) is 0. The van der Waals surface area contributed by atoms with Crippen LogP contribution in [0, 0.1) is 0 Å². The minimum Gasteiger partial charge on any atom is -0.372 e. The van der Waals surface area contributed by atoms with Gasteiger partial charge in [0.15, 0.2) is 0 Å². The van der Waals surface area contributed by atoms with E-state index < -0.39 is 20.1 Å². The van der Waals surface area contributed by atoms with E-state index in [1.165, 1.54) is 11.1 Å². The number of thiophene rings is 1. The summed E-state index contributed by atoms with van der Waals surface area (Å²) in [5.74, 6) is 0. The molecule has 0 bridgehead atoms. The molecule has 16 heavy (non-hydrogen) atoms. The van der Waals surface area contributed by atoms with Gasteiger partial charge >= 0.3 is 0 Å². The summed E-state index contributed by atoms with van der Waals surface area (Å²) in [6.45, 7) is 1.70. The van der Waals surface area contributed by atoms with Crippen LogP contribution < -0.4 is 0 Å². The fraction of sp³-hybridized carbons (Fsp3) is 0.667. The van der Waals surface area contributed by atoms with Crippen molar-refractivity contribution in [2.24, 2.45) is 0 Å². The van der Waals surface area contributed by atoms with Crippen molar-refractivity contribution in [3.05, 3.63) is 11.1 Å². The number of fused-ring (bicyclic) bond motifs is 1. The van der Waals surface area contributed by atoms with Crippen LogP contribution in [0.1, 0.15) is 11.1 Å². The summed E-state index contributed by atoms with van der Waals surface area (Å²) in [5, 5.41) is 0. The van der Waals surface area contributed by atoms with E-state index in [1.807, 2.05) is 0 Å². The molecule has 4 heteroatoms.